The minimum atomic E-state index is -0.324. The number of nitrogens with zero attached hydrogens (tertiary/aromatic N) is 1. The maximum absolute atomic E-state index is 12.3. The second kappa shape index (κ2) is 9.23. The normalized spacial score (nSPS) is 10.8. The van der Waals surface area contributed by atoms with Gasteiger partial charge in [-0.2, -0.15) is 0 Å². The Kier molecular flexibility index (Phi) is 6.98. The summed E-state index contributed by atoms with van der Waals surface area (Å²) in [6, 6.07) is 14.0. The first-order chi connectivity index (χ1) is 13.5. The Hall–Kier alpha value is -3.35. The van der Waals surface area contributed by atoms with Gasteiger partial charge in [0.25, 0.3) is 5.91 Å². The van der Waals surface area contributed by atoms with Crippen LogP contribution in [0, 0.1) is 0 Å². The van der Waals surface area contributed by atoms with Crippen LogP contribution in [-0.4, -0.2) is 36.9 Å². The Morgan fingerprint density at radius 1 is 0.966 bits per heavy atom. The lowest BCUT2D eigenvalue weighted by Crippen LogP contribution is -2.40. The summed E-state index contributed by atoms with van der Waals surface area (Å²) in [4.78, 5) is 37.4. The van der Waals surface area contributed by atoms with Gasteiger partial charge in [0.05, 0.1) is 6.54 Å². The van der Waals surface area contributed by atoms with E-state index in [1.165, 1.54) is 11.8 Å². The van der Waals surface area contributed by atoms with Gasteiger partial charge in [-0.15, -0.1) is 0 Å². The van der Waals surface area contributed by atoms with Crippen LogP contribution in [0.15, 0.2) is 48.5 Å². The molecule has 0 aliphatic heterocycles. The third-order valence-electron chi connectivity index (χ3n) is 4.08. The van der Waals surface area contributed by atoms with Crippen LogP contribution in [0.2, 0.25) is 0 Å². The SMILES string of the molecule is CC(=O)N(C)c1ccc(NC(=O)CNc2cccc(C(=O)NC(C)(C)C)c2)cc1. The molecule has 0 saturated carbocycles. The van der Waals surface area contributed by atoms with E-state index in [1.807, 2.05) is 20.8 Å². The summed E-state index contributed by atoms with van der Waals surface area (Å²) in [7, 11) is 1.69. The number of carbonyl (C=O) groups is 3. The van der Waals surface area contributed by atoms with E-state index in [-0.39, 0.29) is 29.8 Å². The molecular weight excluding hydrogens is 368 g/mol. The lowest BCUT2D eigenvalue weighted by atomic mass is 10.1. The second-order valence-electron chi connectivity index (χ2n) is 7.81. The first-order valence-corrected chi connectivity index (χ1v) is 9.36. The highest BCUT2D eigenvalue weighted by atomic mass is 16.2. The van der Waals surface area contributed by atoms with E-state index < -0.39 is 0 Å². The summed E-state index contributed by atoms with van der Waals surface area (Å²) < 4.78 is 0. The van der Waals surface area contributed by atoms with Gasteiger partial charge in [-0.25, -0.2) is 0 Å². The average molecular weight is 396 g/mol. The molecule has 154 valence electrons. The number of rotatable bonds is 6. The van der Waals surface area contributed by atoms with Gasteiger partial charge in [-0.1, -0.05) is 6.07 Å². The predicted octanol–water partition coefficient (Wildman–Crippen LogP) is 3.25. The maximum atomic E-state index is 12.3. The average Bonchev–Trinajstić information content (AvgIpc) is 2.65. The van der Waals surface area contributed by atoms with Crippen molar-refractivity contribution in [2.75, 3.05) is 29.1 Å². The molecule has 7 nitrogen and oxygen atoms in total. The van der Waals surface area contributed by atoms with Crippen molar-refractivity contribution in [2.24, 2.45) is 0 Å². The molecule has 3 amide bonds. The smallest absolute Gasteiger partial charge is 0.251 e. The maximum Gasteiger partial charge on any atom is 0.251 e. The molecular formula is C22H28N4O3. The Bertz CT molecular complexity index is 886. The summed E-state index contributed by atoms with van der Waals surface area (Å²) in [5.41, 5.74) is 2.26. The molecule has 0 bridgehead atoms. The van der Waals surface area contributed by atoms with E-state index >= 15 is 0 Å². The van der Waals surface area contributed by atoms with Crippen molar-refractivity contribution in [1.82, 2.24) is 5.32 Å². The van der Waals surface area contributed by atoms with E-state index in [9.17, 15) is 14.4 Å². The van der Waals surface area contributed by atoms with Crippen molar-refractivity contribution >= 4 is 34.8 Å². The Morgan fingerprint density at radius 2 is 1.62 bits per heavy atom. The third kappa shape index (κ3) is 6.95. The summed E-state index contributed by atoms with van der Waals surface area (Å²) in [6.45, 7) is 7.30. The standard InChI is InChI=1S/C22H28N4O3/c1-15(27)26(5)19-11-9-17(10-12-19)24-20(28)14-23-18-8-6-7-16(13-18)21(29)25-22(2,3)4/h6-13,23H,14H2,1-5H3,(H,24,28)(H,25,29). The largest absolute Gasteiger partial charge is 0.376 e. The van der Waals surface area contributed by atoms with Gasteiger partial charge in [-0.3, -0.25) is 14.4 Å². The molecule has 0 heterocycles. The summed E-state index contributed by atoms with van der Waals surface area (Å²) in [5.74, 6) is -0.451. The van der Waals surface area contributed by atoms with Crippen LogP contribution in [0.1, 0.15) is 38.1 Å². The first-order valence-electron chi connectivity index (χ1n) is 9.36. The van der Waals surface area contributed by atoms with Gasteiger partial charge >= 0.3 is 0 Å². The molecule has 0 radical (unpaired) electrons. The van der Waals surface area contributed by atoms with Gasteiger partial charge in [-0.05, 0) is 63.2 Å². The molecule has 2 aromatic carbocycles. The summed E-state index contributed by atoms with van der Waals surface area (Å²) >= 11 is 0. The topological polar surface area (TPSA) is 90.5 Å². The van der Waals surface area contributed by atoms with Gasteiger partial charge < -0.3 is 20.9 Å². The zero-order chi connectivity index (χ0) is 21.6. The molecule has 3 N–H and O–H groups in total. The van der Waals surface area contributed by atoms with Crippen LogP contribution in [-0.2, 0) is 9.59 Å². The van der Waals surface area contributed by atoms with Crippen LogP contribution in [0.3, 0.4) is 0 Å². The molecule has 0 spiro atoms. The second-order valence-corrected chi connectivity index (χ2v) is 7.81. The van der Waals surface area contributed by atoms with Gasteiger partial charge in [0.1, 0.15) is 0 Å². The molecule has 0 fully saturated rings. The van der Waals surface area contributed by atoms with E-state index in [2.05, 4.69) is 16.0 Å². The number of carbonyl (C=O) groups excluding carboxylic acids is 3. The van der Waals surface area contributed by atoms with Crippen molar-refractivity contribution in [3.05, 3.63) is 54.1 Å². The molecule has 7 heteroatoms. The highest BCUT2D eigenvalue weighted by molar-refractivity contribution is 5.97. The lowest BCUT2D eigenvalue weighted by molar-refractivity contribution is -0.116. The Morgan fingerprint density at radius 3 is 2.21 bits per heavy atom. The predicted molar refractivity (Wildman–Crippen MR) is 116 cm³/mol. The Labute approximate surface area is 171 Å². The number of amides is 3. The molecule has 0 aliphatic carbocycles. The molecule has 0 atom stereocenters. The van der Waals surface area contributed by atoms with Crippen molar-refractivity contribution in [1.29, 1.82) is 0 Å². The minimum absolute atomic E-state index is 0.0550. The summed E-state index contributed by atoms with van der Waals surface area (Å²) in [5, 5.41) is 8.72. The molecule has 0 saturated heterocycles. The van der Waals surface area contributed by atoms with E-state index in [4.69, 9.17) is 0 Å². The number of benzene rings is 2. The molecule has 0 unspecified atom stereocenters. The van der Waals surface area contributed by atoms with E-state index in [1.54, 1.807) is 55.6 Å². The summed E-state index contributed by atoms with van der Waals surface area (Å²) in [6.07, 6.45) is 0. The molecule has 2 aromatic rings. The van der Waals surface area contributed by atoms with Crippen LogP contribution >= 0.6 is 0 Å². The van der Waals surface area contributed by atoms with E-state index in [0.29, 0.717) is 16.9 Å². The van der Waals surface area contributed by atoms with Crippen LogP contribution in [0.25, 0.3) is 0 Å². The zero-order valence-corrected chi connectivity index (χ0v) is 17.5. The lowest BCUT2D eigenvalue weighted by Gasteiger charge is -2.20. The van der Waals surface area contributed by atoms with Gasteiger partial charge in [0.2, 0.25) is 11.8 Å². The number of hydrogen-bond donors (Lipinski definition) is 3. The molecule has 0 aliphatic rings. The van der Waals surface area contributed by atoms with Gasteiger partial charge in [0.15, 0.2) is 0 Å². The highest BCUT2D eigenvalue weighted by Crippen LogP contribution is 2.17. The Balaban J connectivity index is 1.92. The number of anilines is 3. The van der Waals surface area contributed by atoms with Crippen LogP contribution in [0.5, 0.6) is 0 Å². The fourth-order valence-corrected chi connectivity index (χ4v) is 2.52. The van der Waals surface area contributed by atoms with Crippen LogP contribution < -0.4 is 20.9 Å². The van der Waals surface area contributed by atoms with Gasteiger partial charge in [0, 0.05) is 42.1 Å². The molecule has 2 rings (SSSR count). The number of nitrogens with one attached hydrogen (secondary N) is 3. The quantitative estimate of drug-likeness (QED) is 0.699. The molecule has 29 heavy (non-hydrogen) atoms. The minimum Gasteiger partial charge on any atom is -0.376 e. The van der Waals surface area contributed by atoms with Crippen molar-refractivity contribution in [2.45, 2.75) is 33.2 Å². The molecule has 0 aromatic heterocycles. The van der Waals surface area contributed by atoms with Crippen LogP contribution in [0.4, 0.5) is 17.1 Å². The first kappa shape index (κ1) is 21.9. The number of hydrogen-bond acceptors (Lipinski definition) is 4. The zero-order valence-electron chi connectivity index (χ0n) is 17.5. The fraction of sp³-hybridized carbons (Fsp3) is 0.318. The van der Waals surface area contributed by atoms with Crippen molar-refractivity contribution in [3.8, 4) is 0 Å². The highest BCUT2D eigenvalue weighted by Gasteiger charge is 2.15. The van der Waals surface area contributed by atoms with Crippen molar-refractivity contribution in [3.63, 3.8) is 0 Å². The fourth-order valence-electron chi connectivity index (χ4n) is 2.52. The van der Waals surface area contributed by atoms with Crippen molar-refractivity contribution < 1.29 is 14.4 Å². The monoisotopic (exact) mass is 396 g/mol. The van der Waals surface area contributed by atoms with E-state index in [0.717, 1.165) is 5.69 Å². The third-order valence-corrected chi connectivity index (χ3v) is 4.08.